The normalized spacial score (nSPS) is 32.0. The van der Waals surface area contributed by atoms with E-state index in [0.717, 1.165) is 17.2 Å². The topological polar surface area (TPSA) is 21.3 Å². The number of thiophene rings is 1. The molecule has 2 aliphatic carbocycles. The van der Waals surface area contributed by atoms with Gasteiger partial charge in [0.15, 0.2) is 0 Å². The fourth-order valence-electron chi connectivity index (χ4n) is 2.87. The number of fused-ring (bicyclic) bond motifs is 1. The molecule has 1 unspecified atom stereocenters. The van der Waals surface area contributed by atoms with Gasteiger partial charge in [-0.2, -0.15) is 0 Å². The van der Waals surface area contributed by atoms with Gasteiger partial charge >= 0.3 is 0 Å². The van der Waals surface area contributed by atoms with Gasteiger partial charge in [-0.05, 0) is 43.7 Å². The molecule has 3 rings (SSSR count). The summed E-state index contributed by atoms with van der Waals surface area (Å²) in [4.78, 5) is 1.49. The Morgan fingerprint density at radius 2 is 2.29 bits per heavy atom. The maximum absolute atomic E-state index is 6.12. The van der Waals surface area contributed by atoms with Gasteiger partial charge in [-0.15, -0.1) is 11.3 Å². The van der Waals surface area contributed by atoms with Crippen LogP contribution in [0.1, 0.15) is 42.2 Å². The molecule has 94 valence electrons. The average molecular weight is 272 g/mol. The molecule has 0 spiro atoms. The minimum absolute atomic E-state index is 0.474. The zero-order valence-electron chi connectivity index (χ0n) is 10.0. The summed E-state index contributed by atoms with van der Waals surface area (Å²) in [6.45, 7) is 0. The first-order valence-electron chi connectivity index (χ1n) is 6.33. The molecule has 1 fully saturated rings. The number of halogens is 1. The van der Waals surface area contributed by atoms with Crippen LogP contribution in [0.2, 0.25) is 4.34 Å². The molecule has 2 nitrogen and oxygen atoms in total. The molecule has 0 radical (unpaired) electrons. The summed E-state index contributed by atoms with van der Waals surface area (Å²) in [5, 5.41) is 3.76. The maximum atomic E-state index is 6.12. The predicted octanol–water partition coefficient (Wildman–Crippen LogP) is 3.55. The standard InChI is InChI=1S/C13H18ClNOS/c1-16-9-5-8(6-9)15-11-3-2-4-12-10(11)7-13(14)17-12/h7-9,11,15H,2-6H2,1H3. The van der Waals surface area contributed by atoms with Crippen molar-refractivity contribution < 1.29 is 4.74 Å². The molecular formula is C13H18ClNOS. The number of aryl methyl sites for hydroxylation is 1. The first-order chi connectivity index (χ1) is 8.26. The number of methoxy groups -OCH3 is 1. The van der Waals surface area contributed by atoms with E-state index in [1.165, 1.54) is 29.7 Å². The highest BCUT2D eigenvalue weighted by Gasteiger charge is 2.32. The van der Waals surface area contributed by atoms with Gasteiger partial charge < -0.3 is 10.1 Å². The number of hydrogen-bond acceptors (Lipinski definition) is 3. The lowest BCUT2D eigenvalue weighted by atomic mass is 9.86. The van der Waals surface area contributed by atoms with Crippen molar-refractivity contribution in [2.45, 2.75) is 50.3 Å². The predicted molar refractivity (Wildman–Crippen MR) is 72.0 cm³/mol. The molecule has 1 aromatic heterocycles. The van der Waals surface area contributed by atoms with Gasteiger partial charge in [-0.1, -0.05) is 11.6 Å². The van der Waals surface area contributed by atoms with E-state index in [0.29, 0.717) is 18.2 Å². The van der Waals surface area contributed by atoms with Gasteiger partial charge in [-0.3, -0.25) is 0 Å². The van der Waals surface area contributed by atoms with Crippen LogP contribution in [-0.2, 0) is 11.2 Å². The van der Waals surface area contributed by atoms with Crippen LogP contribution in [0, 0.1) is 0 Å². The van der Waals surface area contributed by atoms with Gasteiger partial charge in [-0.25, -0.2) is 0 Å². The summed E-state index contributed by atoms with van der Waals surface area (Å²) in [6.07, 6.45) is 6.51. The van der Waals surface area contributed by atoms with E-state index in [-0.39, 0.29) is 0 Å². The SMILES string of the molecule is COC1CC(NC2CCCc3sc(Cl)cc32)C1. The third-order valence-electron chi connectivity index (χ3n) is 3.95. The molecule has 1 aromatic rings. The third-order valence-corrected chi connectivity index (χ3v) is 5.29. The van der Waals surface area contributed by atoms with E-state index < -0.39 is 0 Å². The minimum Gasteiger partial charge on any atom is -0.381 e. The molecule has 17 heavy (non-hydrogen) atoms. The van der Waals surface area contributed by atoms with Crippen LogP contribution < -0.4 is 5.32 Å². The Morgan fingerprint density at radius 1 is 1.47 bits per heavy atom. The third kappa shape index (κ3) is 2.39. The smallest absolute Gasteiger partial charge is 0.0934 e. The molecule has 0 bridgehead atoms. The lowest BCUT2D eigenvalue weighted by molar-refractivity contribution is 0.0135. The highest BCUT2D eigenvalue weighted by atomic mass is 35.5. The van der Waals surface area contributed by atoms with E-state index in [2.05, 4.69) is 11.4 Å². The van der Waals surface area contributed by atoms with Crippen molar-refractivity contribution in [1.29, 1.82) is 0 Å². The Kier molecular flexibility index (Phi) is 3.44. The van der Waals surface area contributed by atoms with Crippen molar-refractivity contribution >= 4 is 22.9 Å². The fourth-order valence-corrected chi connectivity index (χ4v) is 4.26. The molecule has 0 aromatic carbocycles. The summed E-state index contributed by atoms with van der Waals surface area (Å²) in [6, 6.07) is 3.31. The number of ether oxygens (including phenoxy) is 1. The quantitative estimate of drug-likeness (QED) is 0.908. The summed E-state index contributed by atoms with van der Waals surface area (Å²) < 4.78 is 6.26. The Hall–Kier alpha value is -0.0900. The average Bonchev–Trinajstić information content (AvgIpc) is 2.63. The zero-order valence-corrected chi connectivity index (χ0v) is 11.6. The summed E-state index contributed by atoms with van der Waals surface area (Å²) >= 11 is 7.87. The second-order valence-corrected chi connectivity index (χ2v) is 6.83. The molecular weight excluding hydrogens is 254 g/mol. The van der Waals surface area contributed by atoms with E-state index >= 15 is 0 Å². The molecule has 4 heteroatoms. The first-order valence-corrected chi connectivity index (χ1v) is 7.52. The largest absolute Gasteiger partial charge is 0.381 e. The Bertz CT molecular complexity index is 400. The molecule has 0 aliphatic heterocycles. The van der Waals surface area contributed by atoms with Crippen LogP contribution in [0.15, 0.2) is 6.07 Å². The van der Waals surface area contributed by atoms with Crippen molar-refractivity contribution in [1.82, 2.24) is 5.32 Å². The van der Waals surface area contributed by atoms with Crippen LogP contribution in [0.25, 0.3) is 0 Å². The van der Waals surface area contributed by atoms with Crippen LogP contribution in [0.4, 0.5) is 0 Å². The second kappa shape index (κ2) is 4.88. The van der Waals surface area contributed by atoms with Gasteiger partial charge in [0.25, 0.3) is 0 Å². The second-order valence-electron chi connectivity index (χ2n) is 5.07. The number of hydrogen-bond donors (Lipinski definition) is 1. The van der Waals surface area contributed by atoms with Crippen LogP contribution >= 0.6 is 22.9 Å². The van der Waals surface area contributed by atoms with Crippen molar-refractivity contribution in [2.24, 2.45) is 0 Å². The highest BCUT2D eigenvalue weighted by molar-refractivity contribution is 7.16. The lowest BCUT2D eigenvalue weighted by Gasteiger charge is -2.38. The Balaban J connectivity index is 1.65. The van der Waals surface area contributed by atoms with Gasteiger partial charge in [0.05, 0.1) is 10.4 Å². The van der Waals surface area contributed by atoms with Crippen molar-refractivity contribution in [3.05, 3.63) is 20.8 Å². The number of nitrogens with one attached hydrogen (secondary N) is 1. The molecule has 0 amide bonds. The maximum Gasteiger partial charge on any atom is 0.0934 e. The van der Waals surface area contributed by atoms with E-state index in [1.54, 1.807) is 18.4 Å². The monoisotopic (exact) mass is 271 g/mol. The van der Waals surface area contributed by atoms with Gasteiger partial charge in [0.1, 0.15) is 0 Å². The van der Waals surface area contributed by atoms with Crippen molar-refractivity contribution in [2.75, 3.05) is 7.11 Å². The summed E-state index contributed by atoms with van der Waals surface area (Å²) in [7, 11) is 1.80. The highest BCUT2D eigenvalue weighted by Crippen LogP contribution is 2.39. The van der Waals surface area contributed by atoms with Gasteiger partial charge in [0.2, 0.25) is 0 Å². The molecule has 0 saturated heterocycles. The summed E-state index contributed by atoms with van der Waals surface area (Å²) in [5.74, 6) is 0. The van der Waals surface area contributed by atoms with E-state index in [9.17, 15) is 0 Å². The lowest BCUT2D eigenvalue weighted by Crippen LogP contribution is -2.46. The van der Waals surface area contributed by atoms with Crippen LogP contribution in [0.3, 0.4) is 0 Å². The van der Waals surface area contributed by atoms with Crippen molar-refractivity contribution in [3.8, 4) is 0 Å². The Morgan fingerprint density at radius 3 is 3.06 bits per heavy atom. The Labute approximate surface area is 111 Å². The first kappa shape index (κ1) is 12.0. The molecule has 1 N–H and O–H groups in total. The summed E-state index contributed by atoms with van der Waals surface area (Å²) in [5.41, 5.74) is 1.45. The van der Waals surface area contributed by atoms with Crippen molar-refractivity contribution in [3.63, 3.8) is 0 Å². The van der Waals surface area contributed by atoms with E-state index in [4.69, 9.17) is 16.3 Å². The van der Waals surface area contributed by atoms with Gasteiger partial charge in [0, 0.05) is 24.1 Å². The molecule has 2 aliphatic rings. The van der Waals surface area contributed by atoms with Crippen LogP contribution in [-0.4, -0.2) is 19.3 Å². The molecule has 1 heterocycles. The zero-order chi connectivity index (χ0) is 11.8. The number of rotatable bonds is 3. The van der Waals surface area contributed by atoms with E-state index in [1.807, 2.05) is 0 Å². The molecule has 1 atom stereocenters. The minimum atomic E-state index is 0.474. The van der Waals surface area contributed by atoms with Crippen LogP contribution in [0.5, 0.6) is 0 Å². The molecule has 1 saturated carbocycles. The fraction of sp³-hybridized carbons (Fsp3) is 0.692.